The summed E-state index contributed by atoms with van der Waals surface area (Å²) in [6.07, 6.45) is 1.63. The maximum absolute atomic E-state index is 5.53. The van der Waals surface area contributed by atoms with Gasteiger partial charge in [0.25, 0.3) is 0 Å². The van der Waals surface area contributed by atoms with Gasteiger partial charge in [0.1, 0.15) is 11.0 Å². The predicted molar refractivity (Wildman–Crippen MR) is 50.4 cm³/mol. The van der Waals surface area contributed by atoms with Gasteiger partial charge in [-0.15, -0.1) is 0 Å². The van der Waals surface area contributed by atoms with Crippen LogP contribution in [0.15, 0.2) is 6.20 Å². The van der Waals surface area contributed by atoms with Gasteiger partial charge in [-0.3, -0.25) is 5.10 Å². The van der Waals surface area contributed by atoms with E-state index in [9.17, 15) is 0 Å². The molecule has 68 valence electrons. The highest BCUT2D eigenvalue weighted by molar-refractivity contribution is 5.85. The number of aromatic nitrogens is 4. The maximum Gasteiger partial charge on any atom is 0.222 e. The van der Waals surface area contributed by atoms with Gasteiger partial charge >= 0.3 is 0 Å². The Morgan fingerprint density at radius 3 is 2.85 bits per heavy atom. The lowest BCUT2D eigenvalue weighted by molar-refractivity contribution is 1.05. The van der Waals surface area contributed by atoms with Gasteiger partial charge in [0.15, 0.2) is 5.82 Å². The van der Waals surface area contributed by atoms with Crippen LogP contribution in [0.4, 0.5) is 11.8 Å². The van der Waals surface area contributed by atoms with Crippen LogP contribution in [0.2, 0.25) is 0 Å². The van der Waals surface area contributed by atoms with Gasteiger partial charge in [-0.05, 0) is 0 Å². The fourth-order valence-electron chi connectivity index (χ4n) is 1.17. The van der Waals surface area contributed by atoms with Gasteiger partial charge in [-0.25, -0.2) is 4.98 Å². The smallest absolute Gasteiger partial charge is 0.222 e. The van der Waals surface area contributed by atoms with Crippen molar-refractivity contribution in [2.45, 2.75) is 0 Å². The standard InChI is InChI=1S/C7H10N6/c1-13(2)6-5-4(3-9-12-5)10-7(8)11-6/h3H,1-2H3,(H,9,12)(H2,8,10,11). The number of nitrogens with one attached hydrogen (secondary N) is 1. The number of anilines is 2. The molecular formula is C7H10N6. The van der Waals surface area contributed by atoms with Crippen LogP contribution in [0, 0.1) is 0 Å². The zero-order valence-electron chi connectivity index (χ0n) is 7.44. The molecule has 2 heterocycles. The van der Waals surface area contributed by atoms with Gasteiger partial charge < -0.3 is 10.6 Å². The van der Waals surface area contributed by atoms with Crippen LogP contribution in [0.5, 0.6) is 0 Å². The molecule has 0 saturated carbocycles. The first-order valence-corrected chi connectivity index (χ1v) is 3.82. The van der Waals surface area contributed by atoms with Gasteiger partial charge in [-0.1, -0.05) is 0 Å². The number of nitrogens with two attached hydrogens (primary N) is 1. The largest absolute Gasteiger partial charge is 0.368 e. The Balaban J connectivity index is 2.77. The first kappa shape index (κ1) is 7.78. The Labute approximate surface area is 74.8 Å². The molecule has 0 spiro atoms. The van der Waals surface area contributed by atoms with E-state index >= 15 is 0 Å². The maximum atomic E-state index is 5.53. The van der Waals surface area contributed by atoms with Crippen molar-refractivity contribution in [2.75, 3.05) is 24.7 Å². The second-order valence-corrected chi connectivity index (χ2v) is 2.93. The molecule has 0 unspecified atom stereocenters. The number of fused-ring (bicyclic) bond motifs is 1. The number of rotatable bonds is 1. The van der Waals surface area contributed by atoms with E-state index < -0.39 is 0 Å². The third-order valence-electron chi connectivity index (χ3n) is 1.72. The van der Waals surface area contributed by atoms with Crippen LogP contribution >= 0.6 is 0 Å². The minimum atomic E-state index is 0.262. The van der Waals surface area contributed by atoms with E-state index in [0.29, 0.717) is 0 Å². The van der Waals surface area contributed by atoms with Crippen LogP contribution in [-0.2, 0) is 0 Å². The van der Waals surface area contributed by atoms with Gasteiger partial charge in [0, 0.05) is 14.1 Å². The van der Waals surface area contributed by atoms with Gasteiger partial charge in [0.05, 0.1) is 6.20 Å². The first-order chi connectivity index (χ1) is 6.18. The molecule has 2 aromatic heterocycles. The zero-order chi connectivity index (χ0) is 9.42. The summed E-state index contributed by atoms with van der Waals surface area (Å²) in [6, 6.07) is 0. The van der Waals surface area contributed by atoms with E-state index in [-0.39, 0.29) is 5.95 Å². The molecule has 6 heteroatoms. The Morgan fingerprint density at radius 2 is 2.15 bits per heavy atom. The molecule has 0 amide bonds. The van der Waals surface area contributed by atoms with Gasteiger partial charge in [0.2, 0.25) is 5.95 Å². The van der Waals surface area contributed by atoms with Gasteiger partial charge in [-0.2, -0.15) is 10.1 Å². The quantitative estimate of drug-likeness (QED) is 0.642. The third kappa shape index (κ3) is 1.16. The van der Waals surface area contributed by atoms with Crippen LogP contribution in [-0.4, -0.2) is 34.3 Å². The first-order valence-electron chi connectivity index (χ1n) is 3.82. The monoisotopic (exact) mass is 178 g/mol. The van der Waals surface area contributed by atoms with Crippen molar-refractivity contribution < 1.29 is 0 Å². The van der Waals surface area contributed by atoms with Crippen molar-refractivity contribution in [3.8, 4) is 0 Å². The summed E-state index contributed by atoms with van der Waals surface area (Å²) in [7, 11) is 3.78. The molecule has 3 N–H and O–H groups in total. The molecule has 0 aliphatic carbocycles. The molecule has 0 saturated heterocycles. The molecule has 2 rings (SSSR count). The number of hydrogen-bond acceptors (Lipinski definition) is 5. The summed E-state index contributed by atoms with van der Waals surface area (Å²) in [5.41, 5.74) is 7.07. The highest BCUT2D eigenvalue weighted by atomic mass is 15.2. The second kappa shape index (κ2) is 2.58. The topological polar surface area (TPSA) is 83.7 Å². The number of H-pyrrole nitrogens is 1. The van der Waals surface area contributed by atoms with Crippen molar-refractivity contribution in [3.05, 3.63) is 6.20 Å². The van der Waals surface area contributed by atoms with E-state index in [1.165, 1.54) is 0 Å². The lowest BCUT2D eigenvalue weighted by Crippen LogP contribution is -2.12. The van der Waals surface area contributed by atoms with Crippen molar-refractivity contribution in [1.82, 2.24) is 20.2 Å². The number of nitrogen functional groups attached to an aromatic ring is 1. The SMILES string of the molecule is CN(C)c1nc(N)nc2cn[nH]c12. The summed E-state index contributed by atoms with van der Waals surface area (Å²) in [4.78, 5) is 9.98. The number of nitrogens with zero attached hydrogens (tertiary/aromatic N) is 4. The zero-order valence-corrected chi connectivity index (χ0v) is 7.44. The van der Waals surface area contributed by atoms with E-state index in [1.807, 2.05) is 19.0 Å². The van der Waals surface area contributed by atoms with E-state index in [1.54, 1.807) is 6.20 Å². The van der Waals surface area contributed by atoms with E-state index in [2.05, 4.69) is 20.2 Å². The predicted octanol–water partition coefficient (Wildman–Crippen LogP) is 0.00110. The molecular weight excluding hydrogens is 168 g/mol. The van der Waals surface area contributed by atoms with Crippen LogP contribution in [0.3, 0.4) is 0 Å². The minimum absolute atomic E-state index is 0.262. The van der Waals surface area contributed by atoms with Crippen LogP contribution < -0.4 is 10.6 Å². The molecule has 0 atom stereocenters. The molecule has 0 bridgehead atoms. The molecule has 0 aliphatic heterocycles. The van der Waals surface area contributed by atoms with E-state index in [0.717, 1.165) is 16.9 Å². The fourth-order valence-corrected chi connectivity index (χ4v) is 1.17. The normalized spacial score (nSPS) is 10.6. The summed E-state index contributed by atoms with van der Waals surface area (Å²) in [6.45, 7) is 0. The van der Waals surface area contributed by atoms with E-state index in [4.69, 9.17) is 5.73 Å². The van der Waals surface area contributed by atoms with Crippen molar-refractivity contribution >= 4 is 22.8 Å². The molecule has 0 radical (unpaired) electrons. The molecule has 2 aromatic rings. The second-order valence-electron chi connectivity index (χ2n) is 2.93. The minimum Gasteiger partial charge on any atom is -0.368 e. The van der Waals surface area contributed by atoms with Crippen molar-refractivity contribution in [1.29, 1.82) is 0 Å². The average Bonchev–Trinajstić information content (AvgIpc) is 2.49. The average molecular weight is 178 g/mol. The summed E-state index contributed by atoms with van der Waals surface area (Å²) < 4.78 is 0. The fraction of sp³-hybridized carbons (Fsp3) is 0.286. The number of hydrogen-bond donors (Lipinski definition) is 2. The summed E-state index contributed by atoms with van der Waals surface area (Å²) in [5.74, 6) is 1.01. The Bertz CT molecular complexity index is 431. The summed E-state index contributed by atoms with van der Waals surface area (Å²) in [5, 5.41) is 6.70. The Hall–Kier alpha value is -1.85. The highest BCUT2D eigenvalue weighted by Crippen LogP contribution is 2.19. The molecule has 6 nitrogen and oxygen atoms in total. The molecule has 13 heavy (non-hydrogen) atoms. The van der Waals surface area contributed by atoms with Crippen molar-refractivity contribution in [3.63, 3.8) is 0 Å². The summed E-state index contributed by atoms with van der Waals surface area (Å²) >= 11 is 0. The van der Waals surface area contributed by atoms with Crippen molar-refractivity contribution in [2.24, 2.45) is 0 Å². The molecule has 0 fully saturated rings. The van der Waals surface area contributed by atoms with Crippen LogP contribution in [0.25, 0.3) is 11.0 Å². The Kier molecular flexibility index (Phi) is 1.54. The highest BCUT2D eigenvalue weighted by Gasteiger charge is 2.08. The third-order valence-corrected chi connectivity index (χ3v) is 1.72. The lowest BCUT2D eigenvalue weighted by Gasteiger charge is -2.11. The number of aromatic amines is 1. The Morgan fingerprint density at radius 1 is 1.38 bits per heavy atom. The molecule has 0 aliphatic rings. The molecule has 0 aromatic carbocycles. The van der Waals surface area contributed by atoms with Crippen LogP contribution in [0.1, 0.15) is 0 Å². The lowest BCUT2D eigenvalue weighted by atomic mass is 10.4.